The summed E-state index contributed by atoms with van der Waals surface area (Å²) in [5.41, 5.74) is 1.16. The smallest absolute Gasteiger partial charge is 0.317 e. The Morgan fingerprint density at radius 3 is 2.38 bits per heavy atom. The largest absolute Gasteiger partial charge is 0.497 e. The Hall–Kier alpha value is -2.89. The summed E-state index contributed by atoms with van der Waals surface area (Å²) in [5, 5.41) is 3.02. The standard InChI is InChI=1S/C23H30N2O4/c1-3-28-20-9-7-18(8-10-20)22-6-4-16-25(22)23(26)24-15-5-17-29-21-13-11-19(27-2)12-14-21/h7-14,22H,3-6,15-17H2,1-2H3,(H,24,26). The number of urea groups is 1. The zero-order chi connectivity index (χ0) is 20.5. The zero-order valence-electron chi connectivity index (χ0n) is 17.2. The Bertz CT molecular complexity index is 761. The van der Waals surface area contributed by atoms with Crippen molar-refractivity contribution in [1.29, 1.82) is 0 Å². The highest BCUT2D eigenvalue weighted by molar-refractivity contribution is 5.75. The van der Waals surface area contributed by atoms with Gasteiger partial charge in [-0.2, -0.15) is 0 Å². The van der Waals surface area contributed by atoms with Crippen LogP contribution in [0.1, 0.15) is 37.8 Å². The van der Waals surface area contributed by atoms with Crippen LogP contribution in [0.5, 0.6) is 17.2 Å². The number of hydrogen-bond acceptors (Lipinski definition) is 4. The molecular formula is C23H30N2O4. The van der Waals surface area contributed by atoms with E-state index >= 15 is 0 Å². The molecule has 3 rings (SSSR count). The maximum atomic E-state index is 12.6. The summed E-state index contributed by atoms with van der Waals surface area (Å²) >= 11 is 0. The number of ether oxygens (including phenoxy) is 3. The molecule has 1 aliphatic heterocycles. The SMILES string of the molecule is CCOc1ccc(C2CCCN2C(=O)NCCCOc2ccc(OC)cc2)cc1. The second-order valence-corrected chi connectivity index (χ2v) is 6.96. The third kappa shape index (κ3) is 5.79. The molecule has 6 nitrogen and oxygen atoms in total. The fraction of sp³-hybridized carbons (Fsp3) is 0.435. The molecule has 1 aliphatic rings. The maximum Gasteiger partial charge on any atom is 0.317 e. The van der Waals surface area contributed by atoms with E-state index in [-0.39, 0.29) is 12.1 Å². The first-order chi connectivity index (χ1) is 14.2. The van der Waals surface area contributed by atoms with E-state index in [2.05, 4.69) is 17.4 Å². The van der Waals surface area contributed by atoms with Crippen LogP contribution in [0.2, 0.25) is 0 Å². The van der Waals surface area contributed by atoms with Crippen LogP contribution in [-0.4, -0.2) is 44.3 Å². The summed E-state index contributed by atoms with van der Waals surface area (Å²) in [6.45, 7) is 4.54. The van der Waals surface area contributed by atoms with E-state index in [1.165, 1.54) is 0 Å². The van der Waals surface area contributed by atoms with Gasteiger partial charge in [-0.1, -0.05) is 12.1 Å². The average Bonchev–Trinajstić information content (AvgIpc) is 3.25. The molecule has 29 heavy (non-hydrogen) atoms. The number of nitrogens with one attached hydrogen (secondary N) is 1. The van der Waals surface area contributed by atoms with Crippen LogP contribution in [-0.2, 0) is 0 Å². The number of amides is 2. The molecule has 1 unspecified atom stereocenters. The number of methoxy groups -OCH3 is 1. The Kier molecular flexibility index (Phi) is 7.61. The number of benzene rings is 2. The highest BCUT2D eigenvalue weighted by atomic mass is 16.5. The van der Waals surface area contributed by atoms with Crippen molar-refractivity contribution >= 4 is 6.03 Å². The first-order valence-corrected chi connectivity index (χ1v) is 10.3. The van der Waals surface area contributed by atoms with Gasteiger partial charge >= 0.3 is 6.03 Å². The maximum absolute atomic E-state index is 12.6. The summed E-state index contributed by atoms with van der Waals surface area (Å²) in [5.74, 6) is 2.46. The van der Waals surface area contributed by atoms with Gasteiger partial charge in [0, 0.05) is 13.1 Å². The quantitative estimate of drug-likeness (QED) is 0.636. The van der Waals surface area contributed by atoms with E-state index in [1.54, 1.807) is 7.11 Å². The summed E-state index contributed by atoms with van der Waals surface area (Å²) in [4.78, 5) is 14.6. The molecule has 0 bridgehead atoms. The van der Waals surface area contributed by atoms with Gasteiger partial charge in [-0.3, -0.25) is 0 Å². The van der Waals surface area contributed by atoms with Crippen molar-refractivity contribution in [3.8, 4) is 17.2 Å². The Balaban J connectivity index is 1.42. The molecule has 0 spiro atoms. The number of hydrogen-bond donors (Lipinski definition) is 1. The Morgan fingerprint density at radius 1 is 1.03 bits per heavy atom. The zero-order valence-corrected chi connectivity index (χ0v) is 17.2. The third-order valence-corrected chi connectivity index (χ3v) is 5.02. The number of rotatable bonds is 9. The molecular weight excluding hydrogens is 368 g/mol. The minimum atomic E-state index is -0.00849. The molecule has 156 valence electrons. The highest BCUT2D eigenvalue weighted by Crippen LogP contribution is 2.32. The molecule has 1 N–H and O–H groups in total. The lowest BCUT2D eigenvalue weighted by atomic mass is 10.0. The second kappa shape index (κ2) is 10.6. The fourth-order valence-corrected chi connectivity index (χ4v) is 3.54. The van der Waals surface area contributed by atoms with Crippen LogP contribution >= 0.6 is 0 Å². The normalized spacial score (nSPS) is 15.8. The summed E-state index contributed by atoms with van der Waals surface area (Å²) in [6, 6.07) is 15.7. The van der Waals surface area contributed by atoms with Gasteiger partial charge in [-0.05, 0) is 68.1 Å². The molecule has 2 aromatic rings. The minimum Gasteiger partial charge on any atom is -0.497 e. The van der Waals surface area contributed by atoms with Crippen molar-refractivity contribution in [2.24, 2.45) is 0 Å². The van der Waals surface area contributed by atoms with Gasteiger partial charge in [0.15, 0.2) is 0 Å². The van der Waals surface area contributed by atoms with E-state index in [4.69, 9.17) is 14.2 Å². The fourth-order valence-electron chi connectivity index (χ4n) is 3.54. The Morgan fingerprint density at radius 2 is 1.69 bits per heavy atom. The average molecular weight is 399 g/mol. The molecule has 0 aliphatic carbocycles. The number of likely N-dealkylation sites (tertiary alicyclic amines) is 1. The van der Waals surface area contributed by atoms with E-state index < -0.39 is 0 Å². The monoisotopic (exact) mass is 398 g/mol. The van der Waals surface area contributed by atoms with Crippen molar-refractivity contribution in [2.75, 3.05) is 33.4 Å². The lowest BCUT2D eigenvalue weighted by Gasteiger charge is -2.25. The topological polar surface area (TPSA) is 60.0 Å². The van der Waals surface area contributed by atoms with Crippen LogP contribution in [0.15, 0.2) is 48.5 Å². The molecule has 6 heteroatoms. The van der Waals surface area contributed by atoms with Crippen molar-refractivity contribution in [2.45, 2.75) is 32.2 Å². The van der Waals surface area contributed by atoms with Gasteiger partial charge in [0.25, 0.3) is 0 Å². The van der Waals surface area contributed by atoms with Crippen LogP contribution < -0.4 is 19.5 Å². The van der Waals surface area contributed by atoms with Gasteiger partial charge in [-0.25, -0.2) is 4.79 Å². The first-order valence-electron chi connectivity index (χ1n) is 10.3. The third-order valence-electron chi connectivity index (χ3n) is 5.02. The molecule has 1 saturated heterocycles. The molecule has 1 heterocycles. The molecule has 0 radical (unpaired) electrons. The number of carbonyl (C=O) groups is 1. The number of carbonyl (C=O) groups excluding carboxylic acids is 1. The summed E-state index contributed by atoms with van der Waals surface area (Å²) < 4.78 is 16.3. The molecule has 1 atom stereocenters. The van der Waals surface area contributed by atoms with Crippen LogP contribution in [0, 0.1) is 0 Å². The van der Waals surface area contributed by atoms with Gasteiger partial charge in [0.2, 0.25) is 0 Å². The minimum absolute atomic E-state index is 0.00849. The summed E-state index contributed by atoms with van der Waals surface area (Å²) in [7, 11) is 1.64. The highest BCUT2D eigenvalue weighted by Gasteiger charge is 2.29. The van der Waals surface area contributed by atoms with E-state index in [9.17, 15) is 4.79 Å². The van der Waals surface area contributed by atoms with Crippen molar-refractivity contribution < 1.29 is 19.0 Å². The van der Waals surface area contributed by atoms with Crippen molar-refractivity contribution in [1.82, 2.24) is 10.2 Å². The lowest BCUT2D eigenvalue weighted by molar-refractivity contribution is 0.192. The Labute approximate surface area is 172 Å². The molecule has 2 amide bonds. The van der Waals surface area contributed by atoms with Crippen LogP contribution in [0.4, 0.5) is 4.79 Å². The first kappa shape index (κ1) is 20.8. The van der Waals surface area contributed by atoms with Gasteiger partial charge in [0.1, 0.15) is 17.2 Å². The van der Waals surface area contributed by atoms with Crippen molar-refractivity contribution in [3.63, 3.8) is 0 Å². The van der Waals surface area contributed by atoms with Gasteiger partial charge < -0.3 is 24.4 Å². The van der Waals surface area contributed by atoms with Gasteiger partial charge in [-0.15, -0.1) is 0 Å². The van der Waals surface area contributed by atoms with Gasteiger partial charge in [0.05, 0.1) is 26.4 Å². The molecule has 0 saturated carbocycles. The van der Waals surface area contributed by atoms with Crippen LogP contribution in [0.25, 0.3) is 0 Å². The molecule has 0 aromatic heterocycles. The molecule has 1 fully saturated rings. The predicted octanol–water partition coefficient (Wildman–Crippen LogP) is 4.41. The van der Waals surface area contributed by atoms with Crippen LogP contribution in [0.3, 0.4) is 0 Å². The summed E-state index contributed by atoms with van der Waals surface area (Å²) in [6.07, 6.45) is 2.76. The molecule has 2 aromatic carbocycles. The van der Waals surface area contributed by atoms with Crippen molar-refractivity contribution in [3.05, 3.63) is 54.1 Å². The van der Waals surface area contributed by atoms with E-state index in [0.29, 0.717) is 19.8 Å². The van der Waals surface area contributed by atoms with E-state index in [1.807, 2.05) is 48.2 Å². The van der Waals surface area contributed by atoms with E-state index in [0.717, 1.165) is 48.6 Å². The number of nitrogens with zero attached hydrogens (tertiary/aromatic N) is 1. The second-order valence-electron chi connectivity index (χ2n) is 6.96. The predicted molar refractivity (Wildman–Crippen MR) is 113 cm³/mol. The lowest BCUT2D eigenvalue weighted by Crippen LogP contribution is -2.40.